The van der Waals surface area contributed by atoms with Gasteiger partial charge in [-0.15, -0.1) is 0 Å². The highest BCUT2D eigenvalue weighted by Crippen LogP contribution is 2.27. The van der Waals surface area contributed by atoms with Crippen molar-refractivity contribution in [2.75, 3.05) is 5.32 Å². The minimum absolute atomic E-state index is 1.06. The Bertz CT molecular complexity index is 1100. The number of rotatable bonds is 6. The molecule has 0 saturated carbocycles. The molecule has 0 bridgehead atoms. The molecule has 0 aliphatic heterocycles. The summed E-state index contributed by atoms with van der Waals surface area (Å²) < 4.78 is 0. The van der Waals surface area contributed by atoms with E-state index in [9.17, 15) is 0 Å². The van der Waals surface area contributed by atoms with Crippen molar-refractivity contribution in [1.82, 2.24) is 0 Å². The monoisotopic (exact) mass is 389 g/mol. The van der Waals surface area contributed by atoms with Gasteiger partial charge in [-0.05, 0) is 71.5 Å². The van der Waals surface area contributed by atoms with Crippen LogP contribution in [0.25, 0.3) is 11.6 Å². The van der Waals surface area contributed by atoms with Crippen molar-refractivity contribution in [3.8, 4) is 0 Å². The molecule has 0 aliphatic rings. The van der Waals surface area contributed by atoms with E-state index in [0.29, 0.717) is 0 Å². The minimum atomic E-state index is 1.06. The molecule has 4 rings (SSSR count). The molecule has 1 nitrogen and oxygen atoms in total. The molecule has 0 fully saturated rings. The van der Waals surface area contributed by atoms with Crippen LogP contribution < -0.4 is 5.32 Å². The van der Waals surface area contributed by atoms with Crippen LogP contribution in [0.4, 0.5) is 11.4 Å². The molecule has 0 amide bonds. The van der Waals surface area contributed by atoms with Gasteiger partial charge in [0.1, 0.15) is 0 Å². The molecule has 1 N–H and O–H groups in total. The van der Waals surface area contributed by atoms with Crippen LogP contribution in [0.15, 0.2) is 103 Å². The summed E-state index contributed by atoms with van der Waals surface area (Å²) >= 11 is 0. The number of hydrogen-bond acceptors (Lipinski definition) is 1. The highest BCUT2D eigenvalue weighted by Gasteiger charge is 2.05. The van der Waals surface area contributed by atoms with Crippen molar-refractivity contribution in [2.24, 2.45) is 0 Å². The van der Waals surface area contributed by atoms with Gasteiger partial charge in [-0.1, -0.05) is 91.3 Å². The van der Waals surface area contributed by atoms with Crippen LogP contribution in [0, 0.1) is 6.92 Å². The molecule has 0 saturated heterocycles. The Labute approximate surface area is 179 Å². The first-order chi connectivity index (χ1) is 14.7. The largest absolute Gasteiger partial charge is 0.356 e. The van der Waals surface area contributed by atoms with Gasteiger partial charge in [0.25, 0.3) is 0 Å². The van der Waals surface area contributed by atoms with E-state index in [-0.39, 0.29) is 0 Å². The maximum Gasteiger partial charge on any atom is 0.0384 e. The second-order valence-electron chi connectivity index (χ2n) is 7.59. The average Bonchev–Trinajstić information content (AvgIpc) is 2.80. The minimum Gasteiger partial charge on any atom is -0.356 e. The number of nitrogens with one attached hydrogen (secondary N) is 1. The molecule has 4 aromatic rings. The summed E-state index contributed by atoms with van der Waals surface area (Å²) in [6, 6.07) is 36.5. The normalized spacial score (nSPS) is 11.3. The molecular weight excluding hydrogens is 362 g/mol. The summed E-state index contributed by atoms with van der Waals surface area (Å²) in [6.07, 6.45) is 3.33. The average molecular weight is 390 g/mol. The Morgan fingerprint density at radius 1 is 0.667 bits per heavy atom. The first kappa shape index (κ1) is 19.7. The van der Waals surface area contributed by atoms with Crippen LogP contribution >= 0.6 is 0 Å². The Hall–Kier alpha value is -3.58. The van der Waals surface area contributed by atoms with Crippen molar-refractivity contribution in [3.05, 3.63) is 131 Å². The van der Waals surface area contributed by atoms with Gasteiger partial charge in [-0.25, -0.2) is 0 Å². The van der Waals surface area contributed by atoms with Gasteiger partial charge >= 0.3 is 0 Å². The van der Waals surface area contributed by atoms with E-state index in [1.165, 1.54) is 33.4 Å². The maximum absolute atomic E-state index is 3.48. The Morgan fingerprint density at radius 3 is 1.83 bits per heavy atom. The highest BCUT2D eigenvalue weighted by molar-refractivity contribution is 5.91. The lowest BCUT2D eigenvalue weighted by atomic mass is 9.95. The summed E-state index contributed by atoms with van der Waals surface area (Å²) in [5.41, 5.74) is 9.68. The highest BCUT2D eigenvalue weighted by atomic mass is 14.9. The fourth-order valence-corrected chi connectivity index (χ4v) is 3.50. The third kappa shape index (κ3) is 4.87. The first-order valence-corrected chi connectivity index (χ1v) is 10.5. The first-order valence-electron chi connectivity index (χ1n) is 10.5. The predicted octanol–water partition coefficient (Wildman–Crippen LogP) is 7.89. The van der Waals surface area contributed by atoms with Crippen molar-refractivity contribution in [2.45, 2.75) is 20.3 Å². The molecule has 1 heteroatoms. The lowest BCUT2D eigenvalue weighted by Gasteiger charge is -2.11. The smallest absolute Gasteiger partial charge is 0.0384 e. The maximum atomic E-state index is 3.48. The van der Waals surface area contributed by atoms with Crippen LogP contribution in [0.3, 0.4) is 0 Å². The molecule has 148 valence electrons. The fraction of sp³-hybridized carbons (Fsp3) is 0.103. The number of hydrogen-bond donors (Lipinski definition) is 1. The Balaban J connectivity index is 1.60. The van der Waals surface area contributed by atoms with E-state index in [1.54, 1.807) is 0 Å². The zero-order valence-corrected chi connectivity index (χ0v) is 17.6. The lowest BCUT2D eigenvalue weighted by Crippen LogP contribution is -1.91. The molecule has 0 spiro atoms. The van der Waals surface area contributed by atoms with Crippen LogP contribution in [-0.2, 0) is 6.42 Å². The third-order valence-electron chi connectivity index (χ3n) is 5.32. The van der Waals surface area contributed by atoms with Crippen LogP contribution in [0.1, 0.15) is 34.7 Å². The molecular formula is C29H27N. The predicted molar refractivity (Wildman–Crippen MR) is 130 cm³/mol. The summed E-state index contributed by atoms with van der Waals surface area (Å²) in [6.45, 7) is 4.30. The van der Waals surface area contributed by atoms with E-state index in [0.717, 1.165) is 17.8 Å². The topological polar surface area (TPSA) is 12.0 Å². The molecule has 0 aliphatic carbocycles. The molecule has 0 radical (unpaired) electrons. The summed E-state index contributed by atoms with van der Waals surface area (Å²) in [5, 5.41) is 3.48. The Kier molecular flexibility index (Phi) is 6.10. The molecule has 0 atom stereocenters. The summed E-state index contributed by atoms with van der Waals surface area (Å²) in [5.74, 6) is 0. The zero-order chi connectivity index (χ0) is 20.8. The van der Waals surface area contributed by atoms with Crippen LogP contribution in [0.2, 0.25) is 0 Å². The van der Waals surface area contributed by atoms with E-state index in [2.05, 4.69) is 128 Å². The third-order valence-corrected chi connectivity index (χ3v) is 5.32. The number of anilines is 2. The Morgan fingerprint density at radius 2 is 1.23 bits per heavy atom. The van der Waals surface area contributed by atoms with Crippen molar-refractivity contribution >= 4 is 23.0 Å². The van der Waals surface area contributed by atoms with E-state index in [1.807, 2.05) is 0 Å². The molecule has 30 heavy (non-hydrogen) atoms. The molecule has 0 aromatic heterocycles. The van der Waals surface area contributed by atoms with Gasteiger partial charge in [0, 0.05) is 11.4 Å². The summed E-state index contributed by atoms with van der Waals surface area (Å²) in [4.78, 5) is 0. The molecule has 4 aromatic carbocycles. The summed E-state index contributed by atoms with van der Waals surface area (Å²) in [7, 11) is 0. The molecule has 0 heterocycles. The van der Waals surface area contributed by atoms with Crippen molar-refractivity contribution in [1.29, 1.82) is 0 Å². The number of aryl methyl sites for hydroxylation is 2. The SMILES string of the molecule is CCc1ccc(Nc2ccc(C=C(c3ccccc3)c3ccc(C)cc3)cc2)cc1. The second kappa shape index (κ2) is 9.28. The van der Waals surface area contributed by atoms with Crippen LogP contribution in [0.5, 0.6) is 0 Å². The van der Waals surface area contributed by atoms with Crippen molar-refractivity contribution < 1.29 is 0 Å². The van der Waals surface area contributed by atoms with Gasteiger partial charge in [0.05, 0.1) is 0 Å². The van der Waals surface area contributed by atoms with Gasteiger partial charge in [-0.3, -0.25) is 0 Å². The van der Waals surface area contributed by atoms with Gasteiger partial charge < -0.3 is 5.32 Å². The van der Waals surface area contributed by atoms with E-state index in [4.69, 9.17) is 0 Å². The lowest BCUT2D eigenvalue weighted by molar-refractivity contribution is 1.14. The second-order valence-corrected chi connectivity index (χ2v) is 7.59. The fourth-order valence-electron chi connectivity index (χ4n) is 3.50. The number of benzene rings is 4. The van der Waals surface area contributed by atoms with E-state index < -0.39 is 0 Å². The zero-order valence-electron chi connectivity index (χ0n) is 17.6. The van der Waals surface area contributed by atoms with E-state index >= 15 is 0 Å². The standard InChI is InChI=1S/C29H27N/c1-3-23-11-17-27(18-12-23)30-28-19-13-24(14-20-28)21-29(25-7-5-4-6-8-25)26-15-9-22(2)10-16-26/h4-21,30H,3H2,1-2H3. The van der Waals surface area contributed by atoms with Gasteiger partial charge in [-0.2, -0.15) is 0 Å². The molecule has 0 unspecified atom stereocenters. The van der Waals surface area contributed by atoms with Gasteiger partial charge in [0.15, 0.2) is 0 Å². The van der Waals surface area contributed by atoms with Crippen LogP contribution in [-0.4, -0.2) is 0 Å². The van der Waals surface area contributed by atoms with Crippen molar-refractivity contribution in [3.63, 3.8) is 0 Å². The quantitative estimate of drug-likeness (QED) is 0.331. The van der Waals surface area contributed by atoms with Gasteiger partial charge in [0.2, 0.25) is 0 Å².